The van der Waals surface area contributed by atoms with Gasteiger partial charge in [0.25, 0.3) is 5.91 Å². The van der Waals surface area contributed by atoms with Gasteiger partial charge < -0.3 is 14.6 Å². The molecule has 0 aliphatic heterocycles. The molecule has 1 atom stereocenters. The molecule has 8 heteroatoms. The number of carbonyl (C=O) groups is 2. The lowest BCUT2D eigenvalue weighted by molar-refractivity contribution is 0.0526. The van der Waals surface area contributed by atoms with Crippen LogP contribution in [0.5, 0.6) is 0 Å². The number of hydrogen-bond donors (Lipinski definition) is 1. The molecule has 0 saturated heterocycles. The van der Waals surface area contributed by atoms with Crippen LogP contribution < -0.4 is 5.32 Å². The Morgan fingerprint density at radius 3 is 2.97 bits per heavy atom. The summed E-state index contributed by atoms with van der Waals surface area (Å²) in [5.41, 5.74) is 4.71. The van der Waals surface area contributed by atoms with Crippen molar-refractivity contribution >= 4 is 11.9 Å². The highest BCUT2D eigenvalue weighted by atomic mass is 16.5. The summed E-state index contributed by atoms with van der Waals surface area (Å²) in [6.45, 7) is 2.12. The fourth-order valence-electron chi connectivity index (χ4n) is 4.70. The molecule has 2 aliphatic carbocycles. The minimum atomic E-state index is -0.351. The summed E-state index contributed by atoms with van der Waals surface area (Å²) in [5.74, 6) is 0.309. The zero-order chi connectivity index (χ0) is 22.1. The highest BCUT2D eigenvalue weighted by Crippen LogP contribution is 2.32. The number of aromatic nitrogens is 3. The topological polar surface area (TPSA) is 99.2 Å². The van der Waals surface area contributed by atoms with Crippen LogP contribution >= 0.6 is 0 Å². The Balaban J connectivity index is 1.39. The van der Waals surface area contributed by atoms with Crippen molar-refractivity contribution in [3.05, 3.63) is 64.3 Å². The third-order valence-electron chi connectivity index (χ3n) is 6.26. The third kappa shape index (κ3) is 3.70. The second kappa shape index (κ2) is 8.61. The van der Waals surface area contributed by atoms with E-state index >= 15 is 0 Å². The maximum atomic E-state index is 13.0. The summed E-state index contributed by atoms with van der Waals surface area (Å²) in [5, 5.41) is 11.8. The SMILES string of the molecule is CCOC(=O)c1cccc(-n2ncc3c2CCCC3NC(=O)c2noc3c2CCCC3)c1. The number of nitrogens with one attached hydrogen (secondary N) is 1. The summed E-state index contributed by atoms with van der Waals surface area (Å²) >= 11 is 0. The first kappa shape index (κ1) is 20.5. The van der Waals surface area contributed by atoms with Gasteiger partial charge in [0.05, 0.1) is 30.1 Å². The molecule has 3 aromatic rings. The molecule has 8 nitrogen and oxygen atoms in total. The number of nitrogens with zero attached hydrogens (tertiary/aromatic N) is 3. The van der Waals surface area contributed by atoms with Crippen molar-refractivity contribution in [3.63, 3.8) is 0 Å². The first-order valence-electron chi connectivity index (χ1n) is 11.3. The highest BCUT2D eigenvalue weighted by molar-refractivity contribution is 5.94. The van der Waals surface area contributed by atoms with Gasteiger partial charge >= 0.3 is 5.97 Å². The van der Waals surface area contributed by atoms with Crippen molar-refractivity contribution in [3.8, 4) is 5.69 Å². The number of esters is 1. The summed E-state index contributed by atoms with van der Waals surface area (Å²) in [4.78, 5) is 25.1. The van der Waals surface area contributed by atoms with Crippen LogP contribution in [0.25, 0.3) is 5.69 Å². The Hall–Kier alpha value is -3.42. The van der Waals surface area contributed by atoms with E-state index in [1.54, 1.807) is 19.1 Å². The molecule has 0 spiro atoms. The molecule has 1 aromatic carbocycles. The number of aryl methyl sites for hydroxylation is 1. The quantitative estimate of drug-likeness (QED) is 0.615. The van der Waals surface area contributed by atoms with E-state index in [2.05, 4.69) is 15.6 Å². The van der Waals surface area contributed by atoms with Crippen molar-refractivity contribution in [2.75, 3.05) is 6.61 Å². The second-order valence-electron chi connectivity index (χ2n) is 8.29. The number of hydrogen-bond acceptors (Lipinski definition) is 6. The predicted octanol–water partition coefficient (Wildman–Crippen LogP) is 3.72. The number of carbonyl (C=O) groups excluding carboxylic acids is 2. The molecule has 1 amide bonds. The normalized spacial score (nSPS) is 17.3. The molecule has 0 bridgehead atoms. The van der Waals surface area contributed by atoms with Gasteiger partial charge in [0, 0.05) is 23.2 Å². The van der Waals surface area contributed by atoms with Gasteiger partial charge in [-0.15, -0.1) is 0 Å². The number of rotatable bonds is 5. The van der Waals surface area contributed by atoms with Crippen LogP contribution in [0, 0.1) is 0 Å². The van der Waals surface area contributed by atoms with Gasteiger partial charge in [-0.05, 0) is 63.6 Å². The molecule has 2 heterocycles. The fraction of sp³-hybridized carbons (Fsp3) is 0.417. The van der Waals surface area contributed by atoms with Crippen LogP contribution in [-0.4, -0.2) is 33.4 Å². The van der Waals surface area contributed by atoms with Gasteiger partial charge in [-0.3, -0.25) is 4.79 Å². The van der Waals surface area contributed by atoms with Gasteiger partial charge in [0.15, 0.2) is 5.69 Å². The second-order valence-corrected chi connectivity index (χ2v) is 8.29. The lowest BCUT2D eigenvalue weighted by atomic mass is 9.92. The molecule has 1 unspecified atom stereocenters. The van der Waals surface area contributed by atoms with E-state index < -0.39 is 0 Å². The van der Waals surface area contributed by atoms with E-state index in [9.17, 15) is 9.59 Å². The molecule has 0 fully saturated rings. The first-order valence-corrected chi connectivity index (χ1v) is 11.3. The molecular formula is C24H26N4O4. The molecule has 0 radical (unpaired) electrons. The zero-order valence-corrected chi connectivity index (χ0v) is 18.1. The van der Waals surface area contributed by atoms with E-state index in [1.807, 2.05) is 23.0 Å². The van der Waals surface area contributed by atoms with Crippen LogP contribution in [0.15, 0.2) is 35.0 Å². The van der Waals surface area contributed by atoms with Crippen molar-refractivity contribution in [2.45, 2.75) is 57.9 Å². The minimum Gasteiger partial charge on any atom is -0.462 e. The molecule has 166 valence electrons. The summed E-state index contributed by atoms with van der Waals surface area (Å²) in [6, 6.07) is 7.13. The van der Waals surface area contributed by atoms with Crippen molar-refractivity contribution in [1.82, 2.24) is 20.3 Å². The molecular weight excluding hydrogens is 408 g/mol. The standard InChI is InChI=1S/C24H26N4O4/c1-2-31-24(30)15-7-5-8-16(13-15)28-20-11-6-10-19(18(20)14-25-28)26-23(29)22-17-9-3-4-12-21(17)32-27-22/h5,7-8,13-14,19H,2-4,6,9-12H2,1H3,(H,26,29). The first-order chi connectivity index (χ1) is 15.7. The van der Waals surface area contributed by atoms with Crippen molar-refractivity contribution < 1.29 is 18.8 Å². The Bertz CT molecular complexity index is 1160. The van der Waals surface area contributed by atoms with E-state index in [0.29, 0.717) is 17.9 Å². The Morgan fingerprint density at radius 2 is 2.09 bits per heavy atom. The Labute approximate surface area is 185 Å². The maximum absolute atomic E-state index is 13.0. The van der Waals surface area contributed by atoms with Crippen LogP contribution in [0.4, 0.5) is 0 Å². The van der Waals surface area contributed by atoms with Crippen molar-refractivity contribution in [1.29, 1.82) is 0 Å². The smallest absolute Gasteiger partial charge is 0.338 e. The highest BCUT2D eigenvalue weighted by Gasteiger charge is 2.30. The van der Waals surface area contributed by atoms with Gasteiger partial charge in [0.1, 0.15) is 5.76 Å². The Kier molecular flexibility index (Phi) is 5.51. The molecule has 32 heavy (non-hydrogen) atoms. The molecule has 2 aliphatic rings. The summed E-state index contributed by atoms with van der Waals surface area (Å²) < 4.78 is 12.4. The average Bonchev–Trinajstić information content (AvgIpc) is 3.44. The third-order valence-corrected chi connectivity index (χ3v) is 6.26. The van der Waals surface area contributed by atoms with Gasteiger partial charge in [-0.2, -0.15) is 5.10 Å². The van der Waals surface area contributed by atoms with Crippen LogP contribution in [-0.2, 0) is 24.0 Å². The van der Waals surface area contributed by atoms with Crippen LogP contribution in [0.3, 0.4) is 0 Å². The van der Waals surface area contributed by atoms with Gasteiger partial charge in [-0.25, -0.2) is 9.48 Å². The van der Waals surface area contributed by atoms with E-state index in [0.717, 1.165) is 73.2 Å². The fourth-order valence-corrected chi connectivity index (χ4v) is 4.70. The van der Waals surface area contributed by atoms with Gasteiger partial charge in [-0.1, -0.05) is 11.2 Å². The molecule has 1 N–H and O–H groups in total. The lowest BCUT2D eigenvalue weighted by Gasteiger charge is -2.24. The minimum absolute atomic E-state index is 0.135. The number of benzene rings is 1. The van der Waals surface area contributed by atoms with E-state index in [-0.39, 0.29) is 17.9 Å². The zero-order valence-electron chi connectivity index (χ0n) is 18.1. The van der Waals surface area contributed by atoms with E-state index in [4.69, 9.17) is 9.26 Å². The largest absolute Gasteiger partial charge is 0.462 e. The lowest BCUT2D eigenvalue weighted by Crippen LogP contribution is -2.32. The monoisotopic (exact) mass is 434 g/mol. The van der Waals surface area contributed by atoms with Crippen LogP contribution in [0.2, 0.25) is 0 Å². The Morgan fingerprint density at radius 1 is 1.22 bits per heavy atom. The number of ether oxygens (including phenoxy) is 1. The van der Waals surface area contributed by atoms with Crippen LogP contribution in [0.1, 0.15) is 82.1 Å². The molecule has 5 rings (SSSR count). The maximum Gasteiger partial charge on any atom is 0.338 e. The predicted molar refractivity (Wildman–Crippen MR) is 116 cm³/mol. The molecule has 0 saturated carbocycles. The molecule has 2 aromatic heterocycles. The number of fused-ring (bicyclic) bond motifs is 2. The van der Waals surface area contributed by atoms with E-state index in [1.165, 1.54) is 0 Å². The van der Waals surface area contributed by atoms with Gasteiger partial charge in [0.2, 0.25) is 0 Å². The summed E-state index contributed by atoms with van der Waals surface area (Å²) in [6.07, 6.45) is 8.25. The number of amides is 1. The summed E-state index contributed by atoms with van der Waals surface area (Å²) in [7, 11) is 0. The van der Waals surface area contributed by atoms with Crippen molar-refractivity contribution in [2.24, 2.45) is 0 Å². The average molecular weight is 434 g/mol.